The summed E-state index contributed by atoms with van der Waals surface area (Å²) in [5.41, 5.74) is 0.179. The van der Waals surface area contributed by atoms with Gasteiger partial charge >= 0.3 is 5.97 Å². The van der Waals surface area contributed by atoms with Crippen LogP contribution in [0.25, 0.3) is 6.08 Å². The van der Waals surface area contributed by atoms with Gasteiger partial charge in [0.15, 0.2) is 6.04 Å². The average Bonchev–Trinajstić information content (AvgIpc) is 2.36. The van der Waals surface area contributed by atoms with Gasteiger partial charge in [-0.15, -0.1) is 0 Å². The second-order valence-electron chi connectivity index (χ2n) is 4.06. The van der Waals surface area contributed by atoms with E-state index in [1.807, 2.05) is 0 Å². The number of aliphatic hydroxyl groups excluding tert-OH is 1. The third kappa shape index (κ3) is 4.75. The van der Waals surface area contributed by atoms with E-state index in [4.69, 9.17) is 5.11 Å². The molecule has 0 aromatic heterocycles. The van der Waals surface area contributed by atoms with Gasteiger partial charge in [-0.25, -0.2) is 9.18 Å². The molecule has 5 nitrogen and oxygen atoms in total. The van der Waals surface area contributed by atoms with E-state index in [0.717, 1.165) is 6.08 Å². The predicted octanol–water partition coefficient (Wildman–Crippen LogP) is 1.55. The largest absolute Gasteiger partial charge is 0.480 e. The van der Waals surface area contributed by atoms with Gasteiger partial charge in [-0.1, -0.05) is 15.9 Å². The van der Waals surface area contributed by atoms with E-state index in [2.05, 4.69) is 21.2 Å². The molecule has 20 heavy (non-hydrogen) atoms. The molecule has 0 radical (unpaired) electrons. The van der Waals surface area contributed by atoms with E-state index in [-0.39, 0.29) is 5.56 Å². The maximum atomic E-state index is 13.4. The standard InChI is InChI=1S/C13H13BrFNO4/c1-7(17)12(13(19)20)16-11(18)5-2-8-6-9(14)3-4-10(8)15/h2-7,12,17H,1H3,(H,16,18)(H,19,20)/b5-2+/t7-,12+/m1/s1. The highest BCUT2D eigenvalue weighted by molar-refractivity contribution is 9.10. The van der Waals surface area contributed by atoms with Gasteiger partial charge in [-0.2, -0.15) is 0 Å². The molecule has 3 N–H and O–H groups in total. The van der Waals surface area contributed by atoms with Gasteiger partial charge in [0.2, 0.25) is 5.91 Å². The van der Waals surface area contributed by atoms with E-state index < -0.39 is 29.8 Å². The lowest BCUT2D eigenvalue weighted by molar-refractivity contribution is -0.144. The maximum Gasteiger partial charge on any atom is 0.328 e. The fraction of sp³-hybridized carbons (Fsp3) is 0.231. The lowest BCUT2D eigenvalue weighted by Gasteiger charge is -2.15. The van der Waals surface area contributed by atoms with Gasteiger partial charge in [0.1, 0.15) is 5.82 Å². The number of benzene rings is 1. The quantitative estimate of drug-likeness (QED) is 0.706. The molecule has 7 heteroatoms. The van der Waals surface area contributed by atoms with Crippen LogP contribution in [0.3, 0.4) is 0 Å². The highest BCUT2D eigenvalue weighted by atomic mass is 79.9. The van der Waals surface area contributed by atoms with E-state index >= 15 is 0 Å². The molecule has 0 saturated heterocycles. The van der Waals surface area contributed by atoms with Crippen molar-refractivity contribution in [1.29, 1.82) is 0 Å². The third-order valence-corrected chi connectivity index (χ3v) is 2.91. The molecule has 1 amide bonds. The van der Waals surface area contributed by atoms with Crippen molar-refractivity contribution in [2.75, 3.05) is 0 Å². The SMILES string of the molecule is C[C@@H](O)[C@H](NC(=O)/C=C/c1cc(Br)ccc1F)C(=O)O. The number of aliphatic carboxylic acids is 1. The van der Waals surface area contributed by atoms with Crippen LogP contribution < -0.4 is 5.32 Å². The first kappa shape index (κ1) is 16.3. The second-order valence-corrected chi connectivity index (χ2v) is 4.98. The molecule has 1 aromatic carbocycles. The number of carboxylic acids is 1. The summed E-state index contributed by atoms with van der Waals surface area (Å²) in [6, 6.07) is 2.81. The van der Waals surface area contributed by atoms with Gasteiger partial charge in [0, 0.05) is 16.1 Å². The van der Waals surface area contributed by atoms with Crippen LogP contribution in [0.2, 0.25) is 0 Å². The fourth-order valence-corrected chi connectivity index (χ4v) is 1.78. The predicted molar refractivity (Wildman–Crippen MR) is 74.4 cm³/mol. The first-order valence-electron chi connectivity index (χ1n) is 5.65. The van der Waals surface area contributed by atoms with Gasteiger partial charge in [0.25, 0.3) is 0 Å². The summed E-state index contributed by atoms with van der Waals surface area (Å²) in [6.45, 7) is 1.25. The molecule has 0 fully saturated rings. The number of aliphatic hydroxyl groups is 1. The molecule has 0 aliphatic rings. The molecule has 2 atom stereocenters. The zero-order valence-electron chi connectivity index (χ0n) is 10.5. The Balaban J connectivity index is 2.77. The Morgan fingerprint density at radius 2 is 2.10 bits per heavy atom. The number of hydrogen-bond acceptors (Lipinski definition) is 3. The monoisotopic (exact) mass is 345 g/mol. The molecule has 0 bridgehead atoms. The van der Waals surface area contributed by atoms with Gasteiger partial charge < -0.3 is 15.5 Å². The van der Waals surface area contributed by atoms with Crippen LogP contribution >= 0.6 is 15.9 Å². The van der Waals surface area contributed by atoms with E-state index in [9.17, 15) is 19.1 Å². The molecule has 0 unspecified atom stereocenters. The summed E-state index contributed by atoms with van der Waals surface area (Å²) in [5, 5.41) is 20.1. The summed E-state index contributed by atoms with van der Waals surface area (Å²) in [6.07, 6.45) is 0.979. The molecule has 1 aromatic rings. The Morgan fingerprint density at radius 1 is 1.45 bits per heavy atom. The number of hydrogen-bond donors (Lipinski definition) is 3. The Labute approximate surface area is 123 Å². The van der Waals surface area contributed by atoms with E-state index in [1.165, 1.54) is 31.2 Å². The maximum absolute atomic E-state index is 13.4. The zero-order chi connectivity index (χ0) is 15.3. The molecule has 0 aliphatic carbocycles. The van der Waals surface area contributed by atoms with Gasteiger partial charge in [-0.05, 0) is 31.2 Å². The van der Waals surface area contributed by atoms with Crippen LogP contribution in [0.4, 0.5) is 4.39 Å². The number of halogens is 2. The summed E-state index contributed by atoms with van der Waals surface area (Å²) >= 11 is 3.17. The van der Waals surface area contributed by atoms with Crippen LogP contribution in [-0.2, 0) is 9.59 Å². The topological polar surface area (TPSA) is 86.6 Å². The number of rotatable bonds is 5. The number of carboxylic acid groups (broad SMARTS) is 1. The molecule has 0 heterocycles. The van der Waals surface area contributed by atoms with Crippen LogP contribution in [0.1, 0.15) is 12.5 Å². The van der Waals surface area contributed by atoms with Crippen LogP contribution in [-0.4, -0.2) is 34.2 Å². The minimum atomic E-state index is -1.42. The lowest BCUT2D eigenvalue weighted by atomic mass is 10.1. The van der Waals surface area contributed by atoms with Crippen molar-refractivity contribution in [1.82, 2.24) is 5.32 Å². The molecule has 1 rings (SSSR count). The van der Waals surface area contributed by atoms with Crippen LogP contribution in [0.15, 0.2) is 28.7 Å². The minimum absolute atomic E-state index is 0.179. The molecule has 0 saturated carbocycles. The average molecular weight is 346 g/mol. The summed E-state index contributed by atoms with van der Waals surface area (Å²) in [7, 11) is 0. The van der Waals surface area contributed by atoms with Crippen molar-refractivity contribution in [2.45, 2.75) is 19.1 Å². The molecule has 0 spiro atoms. The highest BCUT2D eigenvalue weighted by Crippen LogP contribution is 2.16. The van der Waals surface area contributed by atoms with Crippen molar-refractivity contribution in [3.63, 3.8) is 0 Å². The van der Waals surface area contributed by atoms with E-state index in [1.54, 1.807) is 0 Å². The molecular formula is C13H13BrFNO4. The smallest absolute Gasteiger partial charge is 0.328 e. The molecule has 0 aliphatic heterocycles. The van der Waals surface area contributed by atoms with Crippen LogP contribution in [0.5, 0.6) is 0 Å². The molecule has 108 valence electrons. The van der Waals surface area contributed by atoms with Crippen molar-refractivity contribution >= 4 is 33.9 Å². The summed E-state index contributed by atoms with van der Waals surface area (Å²) in [5.74, 6) is -2.60. The third-order valence-electron chi connectivity index (χ3n) is 2.42. The molecular weight excluding hydrogens is 333 g/mol. The Kier molecular flexibility index (Phi) is 5.84. The number of amides is 1. The highest BCUT2D eigenvalue weighted by Gasteiger charge is 2.23. The number of nitrogens with one attached hydrogen (secondary N) is 1. The van der Waals surface area contributed by atoms with E-state index in [0.29, 0.717) is 4.47 Å². The Morgan fingerprint density at radius 3 is 2.65 bits per heavy atom. The normalized spacial score (nSPS) is 14.0. The fourth-order valence-electron chi connectivity index (χ4n) is 1.40. The first-order valence-corrected chi connectivity index (χ1v) is 6.45. The summed E-state index contributed by atoms with van der Waals surface area (Å²) in [4.78, 5) is 22.3. The van der Waals surface area contributed by atoms with Crippen molar-refractivity contribution in [3.05, 3.63) is 40.1 Å². The first-order chi connectivity index (χ1) is 9.31. The van der Waals surface area contributed by atoms with Crippen molar-refractivity contribution in [3.8, 4) is 0 Å². The Bertz CT molecular complexity index is 545. The summed E-state index contributed by atoms with van der Waals surface area (Å²) < 4.78 is 14.0. The van der Waals surface area contributed by atoms with Crippen molar-refractivity contribution < 1.29 is 24.2 Å². The minimum Gasteiger partial charge on any atom is -0.480 e. The van der Waals surface area contributed by atoms with Crippen LogP contribution in [0, 0.1) is 5.82 Å². The zero-order valence-corrected chi connectivity index (χ0v) is 12.1. The van der Waals surface area contributed by atoms with Gasteiger partial charge in [0.05, 0.1) is 6.10 Å². The second kappa shape index (κ2) is 7.16. The van der Waals surface area contributed by atoms with Gasteiger partial charge in [-0.3, -0.25) is 4.79 Å². The number of carbonyl (C=O) groups excluding carboxylic acids is 1. The van der Waals surface area contributed by atoms with Crippen molar-refractivity contribution in [2.24, 2.45) is 0 Å². The lowest BCUT2D eigenvalue weighted by Crippen LogP contribution is -2.47. The Hall–Kier alpha value is -1.73. The number of carbonyl (C=O) groups is 2.